The molecule has 5 nitrogen and oxygen atoms in total. The molecule has 0 bridgehead atoms. The van der Waals surface area contributed by atoms with Crippen LogP contribution in [0.2, 0.25) is 0 Å². The van der Waals surface area contributed by atoms with E-state index in [2.05, 4.69) is 10.0 Å². The molecule has 0 aromatic heterocycles. The van der Waals surface area contributed by atoms with E-state index < -0.39 is 10.0 Å². The molecule has 1 aliphatic rings. The quantitative estimate of drug-likeness (QED) is 0.768. The SMILES string of the molecule is Cc1ccccc1NS(=O)(=O)c1cccc(C(=O)NC2CCCCCCC2)c1. The van der Waals surface area contributed by atoms with E-state index in [0.717, 1.165) is 31.2 Å². The molecule has 1 amide bonds. The van der Waals surface area contributed by atoms with E-state index in [1.54, 1.807) is 24.3 Å². The van der Waals surface area contributed by atoms with Crippen molar-refractivity contribution in [3.05, 3.63) is 59.7 Å². The number of hydrogen-bond acceptors (Lipinski definition) is 3. The topological polar surface area (TPSA) is 75.3 Å². The first-order valence-electron chi connectivity index (χ1n) is 9.95. The lowest BCUT2D eigenvalue weighted by molar-refractivity contribution is 0.0930. The van der Waals surface area contributed by atoms with Crippen LogP contribution >= 0.6 is 0 Å². The zero-order valence-corrected chi connectivity index (χ0v) is 17.1. The average molecular weight is 401 g/mol. The minimum atomic E-state index is -3.77. The van der Waals surface area contributed by atoms with Gasteiger partial charge in [0.05, 0.1) is 10.6 Å². The zero-order valence-electron chi connectivity index (χ0n) is 16.3. The molecular weight excluding hydrogens is 372 g/mol. The van der Waals surface area contributed by atoms with Crippen LogP contribution in [0, 0.1) is 6.92 Å². The van der Waals surface area contributed by atoms with Gasteiger partial charge in [0.2, 0.25) is 0 Å². The van der Waals surface area contributed by atoms with Gasteiger partial charge in [-0.15, -0.1) is 0 Å². The van der Waals surface area contributed by atoms with Gasteiger partial charge in [0.25, 0.3) is 15.9 Å². The second kappa shape index (κ2) is 9.24. The highest BCUT2D eigenvalue weighted by Gasteiger charge is 2.19. The van der Waals surface area contributed by atoms with Gasteiger partial charge in [-0.25, -0.2) is 8.42 Å². The molecule has 28 heavy (non-hydrogen) atoms. The van der Waals surface area contributed by atoms with Crippen LogP contribution in [-0.2, 0) is 10.0 Å². The van der Waals surface area contributed by atoms with Gasteiger partial charge in [-0.1, -0.05) is 56.4 Å². The number of rotatable bonds is 5. The Hall–Kier alpha value is -2.34. The van der Waals surface area contributed by atoms with Crippen LogP contribution in [0.25, 0.3) is 0 Å². The summed E-state index contributed by atoms with van der Waals surface area (Å²) < 4.78 is 28.1. The normalized spacial score (nSPS) is 16.0. The van der Waals surface area contributed by atoms with Crippen molar-refractivity contribution in [2.45, 2.75) is 62.8 Å². The summed E-state index contributed by atoms with van der Waals surface area (Å²) in [4.78, 5) is 12.8. The van der Waals surface area contributed by atoms with Crippen molar-refractivity contribution in [2.75, 3.05) is 4.72 Å². The van der Waals surface area contributed by atoms with Crippen LogP contribution in [0.5, 0.6) is 0 Å². The highest BCUT2D eigenvalue weighted by molar-refractivity contribution is 7.92. The lowest BCUT2D eigenvalue weighted by atomic mass is 9.96. The molecule has 2 aromatic rings. The largest absolute Gasteiger partial charge is 0.349 e. The van der Waals surface area contributed by atoms with Gasteiger partial charge in [-0.2, -0.15) is 0 Å². The van der Waals surface area contributed by atoms with Gasteiger partial charge in [0.15, 0.2) is 0 Å². The second-order valence-corrected chi connectivity index (χ2v) is 9.15. The summed E-state index contributed by atoms with van der Waals surface area (Å²) in [7, 11) is -3.77. The van der Waals surface area contributed by atoms with E-state index in [0.29, 0.717) is 11.3 Å². The standard InChI is InChI=1S/C22H28N2O3S/c1-17-10-7-8-15-21(17)24-28(26,27)20-14-9-11-18(16-20)22(25)23-19-12-5-3-2-4-6-13-19/h7-11,14-16,19,24H,2-6,12-13H2,1H3,(H,23,25). The minimum Gasteiger partial charge on any atom is -0.349 e. The van der Waals surface area contributed by atoms with Gasteiger partial charge in [0.1, 0.15) is 0 Å². The lowest BCUT2D eigenvalue weighted by Crippen LogP contribution is -2.35. The van der Waals surface area contributed by atoms with E-state index in [-0.39, 0.29) is 16.8 Å². The Kier molecular flexibility index (Phi) is 6.73. The second-order valence-electron chi connectivity index (χ2n) is 7.46. The first-order valence-corrected chi connectivity index (χ1v) is 11.4. The number of carbonyl (C=O) groups is 1. The summed E-state index contributed by atoms with van der Waals surface area (Å²) in [6.45, 7) is 1.84. The van der Waals surface area contributed by atoms with Gasteiger partial charge in [-0.05, 0) is 49.6 Å². The highest BCUT2D eigenvalue weighted by Crippen LogP contribution is 2.21. The maximum atomic E-state index is 12.8. The van der Waals surface area contributed by atoms with E-state index in [1.807, 2.05) is 19.1 Å². The third kappa shape index (κ3) is 5.35. The van der Waals surface area contributed by atoms with E-state index >= 15 is 0 Å². The van der Waals surface area contributed by atoms with Crippen molar-refractivity contribution in [1.82, 2.24) is 5.32 Å². The molecule has 0 saturated heterocycles. The first kappa shape index (κ1) is 20.4. The fraction of sp³-hybridized carbons (Fsp3) is 0.409. The molecule has 0 unspecified atom stereocenters. The van der Waals surface area contributed by atoms with Crippen molar-refractivity contribution >= 4 is 21.6 Å². The van der Waals surface area contributed by atoms with Crippen LogP contribution in [0.4, 0.5) is 5.69 Å². The summed E-state index contributed by atoms with van der Waals surface area (Å²) in [5, 5.41) is 3.09. The number of para-hydroxylation sites is 1. The molecule has 6 heteroatoms. The average Bonchev–Trinajstić information content (AvgIpc) is 2.65. The van der Waals surface area contributed by atoms with Crippen molar-refractivity contribution in [3.63, 3.8) is 0 Å². The molecule has 3 rings (SSSR count). The number of nitrogens with one attached hydrogen (secondary N) is 2. The fourth-order valence-electron chi connectivity index (χ4n) is 3.56. The van der Waals surface area contributed by atoms with Gasteiger partial charge in [-0.3, -0.25) is 9.52 Å². The molecule has 150 valence electrons. The number of carbonyl (C=O) groups excluding carboxylic acids is 1. The lowest BCUT2D eigenvalue weighted by Gasteiger charge is -2.21. The predicted octanol–water partition coefficient (Wildman–Crippen LogP) is 4.64. The van der Waals surface area contributed by atoms with Crippen molar-refractivity contribution in [2.24, 2.45) is 0 Å². The molecular formula is C22H28N2O3S. The number of amides is 1. The van der Waals surface area contributed by atoms with E-state index in [4.69, 9.17) is 0 Å². The Morgan fingerprint density at radius 2 is 1.61 bits per heavy atom. The number of anilines is 1. The summed E-state index contributed by atoms with van der Waals surface area (Å²) in [6, 6.07) is 13.6. The van der Waals surface area contributed by atoms with Crippen LogP contribution in [-0.4, -0.2) is 20.4 Å². The third-order valence-corrected chi connectivity index (χ3v) is 6.60. The predicted molar refractivity (Wildman–Crippen MR) is 112 cm³/mol. The molecule has 0 radical (unpaired) electrons. The van der Waals surface area contributed by atoms with Crippen LogP contribution in [0.3, 0.4) is 0 Å². The van der Waals surface area contributed by atoms with E-state index in [1.165, 1.54) is 31.4 Å². The summed E-state index contributed by atoms with van der Waals surface area (Å²) in [5.74, 6) is -0.210. The summed E-state index contributed by atoms with van der Waals surface area (Å²) >= 11 is 0. The zero-order chi connectivity index (χ0) is 20.0. The molecule has 0 aliphatic heterocycles. The Labute approximate surface area is 167 Å². The number of hydrogen-bond donors (Lipinski definition) is 2. The molecule has 1 saturated carbocycles. The fourth-order valence-corrected chi connectivity index (χ4v) is 4.74. The van der Waals surface area contributed by atoms with E-state index in [9.17, 15) is 13.2 Å². The maximum absolute atomic E-state index is 12.8. The van der Waals surface area contributed by atoms with Crippen LogP contribution in [0.1, 0.15) is 60.9 Å². The van der Waals surface area contributed by atoms with Crippen molar-refractivity contribution < 1.29 is 13.2 Å². The monoisotopic (exact) mass is 400 g/mol. The molecule has 0 spiro atoms. The molecule has 2 aromatic carbocycles. The number of aryl methyl sites for hydroxylation is 1. The molecule has 1 fully saturated rings. The van der Waals surface area contributed by atoms with Gasteiger partial charge in [0, 0.05) is 11.6 Å². The third-order valence-electron chi connectivity index (χ3n) is 5.24. The number of benzene rings is 2. The summed E-state index contributed by atoms with van der Waals surface area (Å²) in [5.41, 5.74) is 1.74. The smallest absolute Gasteiger partial charge is 0.261 e. The minimum absolute atomic E-state index is 0.0843. The van der Waals surface area contributed by atoms with Crippen LogP contribution in [0.15, 0.2) is 53.4 Å². The summed E-state index contributed by atoms with van der Waals surface area (Å²) in [6.07, 6.45) is 7.92. The Morgan fingerprint density at radius 3 is 2.32 bits per heavy atom. The molecule has 0 atom stereocenters. The van der Waals surface area contributed by atoms with Gasteiger partial charge < -0.3 is 5.32 Å². The van der Waals surface area contributed by atoms with Crippen LogP contribution < -0.4 is 10.0 Å². The van der Waals surface area contributed by atoms with Crippen molar-refractivity contribution in [1.29, 1.82) is 0 Å². The number of sulfonamides is 1. The molecule has 2 N–H and O–H groups in total. The van der Waals surface area contributed by atoms with Gasteiger partial charge >= 0.3 is 0 Å². The maximum Gasteiger partial charge on any atom is 0.261 e. The Bertz CT molecular complexity index is 917. The Balaban J connectivity index is 1.73. The van der Waals surface area contributed by atoms with Crippen molar-refractivity contribution in [3.8, 4) is 0 Å². The first-order chi connectivity index (χ1) is 13.5. The Morgan fingerprint density at radius 1 is 0.929 bits per heavy atom. The highest BCUT2D eigenvalue weighted by atomic mass is 32.2. The molecule has 0 heterocycles. The molecule has 1 aliphatic carbocycles.